The van der Waals surface area contributed by atoms with Crippen molar-refractivity contribution in [2.75, 3.05) is 11.9 Å². The zero-order valence-corrected chi connectivity index (χ0v) is 15.8. The van der Waals surface area contributed by atoms with Crippen molar-refractivity contribution in [2.24, 2.45) is 5.92 Å². The Balaban J connectivity index is 2.18. The van der Waals surface area contributed by atoms with E-state index in [2.05, 4.69) is 67.2 Å². The van der Waals surface area contributed by atoms with Crippen molar-refractivity contribution in [1.82, 2.24) is 9.88 Å². The van der Waals surface area contributed by atoms with Gasteiger partial charge in [0.25, 0.3) is 0 Å². The van der Waals surface area contributed by atoms with Gasteiger partial charge in [0.2, 0.25) is 0 Å². The Kier molecular flexibility index (Phi) is 6.73. The van der Waals surface area contributed by atoms with Crippen LogP contribution in [0, 0.1) is 12.8 Å². The van der Waals surface area contributed by atoms with Crippen LogP contribution in [0.1, 0.15) is 44.4 Å². The van der Waals surface area contributed by atoms with Gasteiger partial charge in [0.15, 0.2) is 5.11 Å². The standard InChI is InChI=1S/C20H27N3S/c1-15(2)11-14-23(17(4)18-9-12-21-13-10-18)20(24)22-19-8-6-5-7-16(19)3/h5-10,12-13,15,17H,11,14H2,1-4H3,(H,22,24). The quantitative estimate of drug-likeness (QED) is 0.731. The average molecular weight is 342 g/mol. The molecule has 1 heterocycles. The topological polar surface area (TPSA) is 28.2 Å². The molecule has 1 N–H and O–H groups in total. The van der Waals surface area contributed by atoms with E-state index in [9.17, 15) is 0 Å². The van der Waals surface area contributed by atoms with E-state index in [4.69, 9.17) is 12.2 Å². The maximum absolute atomic E-state index is 5.74. The lowest BCUT2D eigenvalue weighted by Gasteiger charge is -2.33. The molecule has 0 aliphatic rings. The molecule has 0 radical (unpaired) electrons. The van der Waals surface area contributed by atoms with E-state index in [0.717, 1.165) is 23.8 Å². The highest BCUT2D eigenvalue weighted by atomic mass is 32.1. The molecule has 1 atom stereocenters. The maximum Gasteiger partial charge on any atom is 0.173 e. The highest BCUT2D eigenvalue weighted by Crippen LogP contribution is 2.23. The minimum absolute atomic E-state index is 0.204. The first-order valence-corrected chi connectivity index (χ1v) is 8.93. The normalized spacial score (nSPS) is 12.0. The number of anilines is 1. The molecule has 2 aromatic rings. The van der Waals surface area contributed by atoms with E-state index in [1.54, 1.807) is 0 Å². The zero-order chi connectivity index (χ0) is 17.5. The molecule has 0 amide bonds. The van der Waals surface area contributed by atoms with Gasteiger partial charge in [-0.25, -0.2) is 0 Å². The van der Waals surface area contributed by atoms with Crippen molar-refractivity contribution in [3.05, 3.63) is 59.9 Å². The molecule has 0 aliphatic heterocycles. The second-order valence-electron chi connectivity index (χ2n) is 6.58. The van der Waals surface area contributed by atoms with Crippen LogP contribution < -0.4 is 5.32 Å². The average Bonchev–Trinajstić information content (AvgIpc) is 2.57. The molecule has 0 saturated carbocycles. The van der Waals surface area contributed by atoms with Crippen LogP contribution in [0.15, 0.2) is 48.8 Å². The predicted molar refractivity (Wildman–Crippen MR) is 106 cm³/mol. The molecular weight excluding hydrogens is 314 g/mol. The highest BCUT2D eigenvalue weighted by molar-refractivity contribution is 7.80. The third-order valence-electron chi connectivity index (χ3n) is 4.25. The third kappa shape index (κ3) is 5.03. The number of aryl methyl sites for hydroxylation is 1. The second-order valence-corrected chi connectivity index (χ2v) is 6.96. The van der Waals surface area contributed by atoms with E-state index in [0.29, 0.717) is 5.92 Å². The smallest absolute Gasteiger partial charge is 0.173 e. The Hall–Kier alpha value is -1.94. The van der Waals surface area contributed by atoms with Gasteiger partial charge >= 0.3 is 0 Å². The zero-order valence-electron chi connectivity index (χ0n) is 15.0. The number of pyridine rings is 1. The number of nitrogens with one attached hydrogen (secondary N) is 1. The summed E-state index contributed by atoms with van der Waals surface area (Å²) in [6, 6.07) is 12.6. The van der Waals surface area contributed by atoms with Gasteiger partial charge in [-0.2, -0.15) is 0 Å². The number of hydrogen-bond donors (Lipinski definition) is 1. The van der Waals surface area contributed by atoms with E-state index in [1.165, 1.54) is 11.1 Å². The fraction of sp³-hybridized carbons (Fsp3) is 0.400. The summed E-state index contributed by atoms with van der Waals surface area (Å²) in [5.41, 5.74) is 3.49. The second kappa shape index (κ2) is 8.78. The summed E-state index contributed by atoms with van der Waals surface area (Å²) in [5, 5.41) is 4.20. The maximum atomic E-state index is 5.74. The largest absolute Gasteiger partial charge is 0.342 e. The monoisotopic (exact) mass is 341 g/mol. The van der Waals surface area contributed by atoms with Gasteiger partial charge in [-0.15, -0.1) is 0 Å². The van der Waals surface area contributed by atoms with Gasteiger partial charge in [-0.05, 0) is 67.7 Å². The number of aromatic nitrogens is 1. The molecule has 3 nitrogen and oxygen atoms in total. The van der Waals surface area contributed by atoms with Crippen molar-refractivity contribution < 1.29 is 0 Å². The predicted octanol–water partition coefficient (Wildman–Crippen LogP) is 5.20. The summed E-state index contributed by atoms with van der Waals surface area (Å²) in [6.07, 6.45) is 4.78. The fourth-order valence-corrected chi connectivity index (χ4v) is 2.95. The van der Waals surface area contributed by atoms with Crippen LogP contribution in [0.5, 0.6) is 0 Å². The Morgan fingerprint density at radius 2 is 1.79 bits per heavy atom. The first kappa shape index (κ1) is 18.4. The van der Waals surface area contributed by atoms with Crippen molar-refractivity contribution in [3.8, 4) is 0 Å². The van der Waals surface area contributed by atoms with Gasteiger partial charge < -0.3 is 10.2 Å². The molecule has 2 rings (SSSR count). The Morgan fingerprint density at radius 3 is 2.42 bits per heavy atom. The third-order valence-corrected chi connectivity index (χ3v) is 4.59. The van der Waals surface area contributed by atoms with Gasteiger partial charge in [0.1, 0.15) is 0 Å². The highest BCUT2D eigenvalue weighted by Gasteiger charge is 2.19. The molecule has 1 aromatic carbocycles. The van der Waals surface area contributed by atoms with Gasteiger partial charge in [0.05, 0.1) is 6.04 Å². The first-order valence-electron chi connectivity index (χ1n) is 8.52. The van der Waals surface area contributed by atoms with Crippen molar-refractivity contribution in [1.29, 1.82) is 0 Å². The number of hydrogen-bond acceptors (Lipinski definition) is 2. The molecule has 0 saturated heterocycles. The van der Waals surface area contributed by atoms with Gasteiger partial charge in [0, 0.05) is 24.6 Å². The van der Waals surface area contributed by atoms with Crippen LogP contribution >= 0.6 is 12.2 Å². The summed E-state index contributed by atoms with van der Waals surface area (Å²) in [5.74, 6) is 0.637. The number of thiocarbonyl (C=S) groups is 1. The SMILES string of the molecule is Cc1ccccc1NC(=S)N(CCC(C)C)C(C)c1ccncc1. The Labute approximate surface area is 151 Å². The molecule has 1 aromatic heterocycles. The van der Waals surface area contributed by atoms with Crippen LogP contribution in [0.3, 0.4) is 0 Å². The number of para-hydroxylation sites is 1. The summed E-state index contributed by atoms with van der Waals surface area (Å²) < 4.78 is 0. The van der Waals surface area contributed by atoms with Crippen LogP contribution in [0.4, 0.5) is 5.69 Å². The Morgan fingerprint density at radius 1 is 1.12 bits per heavy atom. The number of rotatable bonds is 6. The lowest BCUT2D eigenvalue weighted by Crippen LogP contribution is -2.38. The number of nitrogens with zero attached hydrogens (tertiary/aromatic N) is 2. The fourth-order valence-electron chi connectivity index (χ4n) is 2.59. The van der Waals surface area contributed by atoms with E-state index in [-0.39, 0.29) is 6.04 Å². The molecule has 1 unspecified atom stereocenters. The van der Waals surface area contributed by atoms with Gasteiger partial charge in [-0.1, -0.05) is 32.0 Å². The van der Waals surface area contributed by atoms with Crippen molar-refractivity contribution >= 4 is 23.0 Å². The van der Waals surface area contributed by atoms with Gasteiger partial charge in [-0.3, -0.25) is 4.98 Å². The van der Waals surface area contributed by atoms with Crippen molar-refractivity contribution in [2.45, 2.75) is 40.2 Å². The molecule has 0 aliphatic carbocycles. The minimum Gasteiger partial charge on any atom is -0.342 e. The molecule has 0 spiro atoms. The first-order chi connectivity index (χ1) is 11.5. The lowest BCUT2D eigenvalue weighted by atomic mass is 10.1. The molecule has 128 valence electrons. The Bertz CT molecular complexity index is 655. The molecule has 24 heavy (non-hydrogen) atoms. The summed E-state index contributed by atoms with van der Waals surface area (Å²) in [6.45, 7) is 9.70. The minimum atomic E-state index is 0.204. The van der Waals surface area contributed by atoms with Crippen LogP contribution in [0.25, 0.3) is 0 Å². The van der Waals surface area contributed by atoms with E-state index >= 15 is 0 Å². The lowest BCUT2D eigenvalue weighted by molar-refractivity contribution is 0.318. The summed E-state index contributed by atoms with van der Waals surface area (Å²) >= 11 is 5.74. The molecule has 0 bridgehead atoms. The molecule has 4 heteroatoms. The van der Waals surface area contributed by atoms with E-state index < -0.39 is 0 Å². The van der Waals surface area contributed by atoms with Crippen LogP contribution in [-0.2, 0) is 0 Å². The van der Waals surface area contributed by atoms with Crippen LogP contribution in [-0.4, -0.2) is 21.5 Å². The van der Waals surface area contributed by atoms with E-state index in [1.807, 2.05) is 24.5 Å². The number of benzene rings is 1. The molecular formula is C20H27N3S. The summed E-state index contributed by atoms with van der Waals surface area (Å²) in [7, 11) is 0. The van der Waals surface area contributed by atoms with Crippen LogP contribution in [0.2, 0.25) is 0 Å². The van der Waals surface area contributed by atoms with Crippen molar-refractivity contribution in [3.63, 3.8) is 0 Å². The summed E-state index contributed by atoms with van der Waals surface area (Å²) in [4.78, 5) is 6.39. The molecule has 0 fully saturated rings.